The number of aryl methyl sites for hydroxylation is 1. The molecule has 0 atom stereocenters. The molecule has 0 spiro atoms. The van der Waals surface area contributed by atoms with Gasteiger partial charge < -0.3 is 5.73 Å². The van der Waals surface area contributed by atoms with Gasteiger partial charge in [0.15, 0.2) is 5.78 Å². The molecule has 0 amide bonds. The number of imidazole rings is 1. The molecule has 2 rings (SSSR count). The quantitative estimate of drug-likeness (QED) is 0.685. The molecule has 0 aliphatic heterocycles. The van der Waals surface area contributed by atoms with Gasteiger partial charge >= 0.3 is 0 Å². The summed E-state index contributed by atoms with van der Waals surface area (Å²) in [7, 11) is 0. The van der Waals surface area contributed by atoms with Gasteiger partial charge in [0.2, 0.25) is 0 Å². The highest BCUT2D eigenvalue weighted by Crippen LogP contribution is 2.05. The van der Waals surface area contributed by atoms with Crippen LogP contribution >= 0.6 is 0 Å². The maximum atomic E-state index is 11.2. The highest BCUT2D eigenvalue weighted by Gasteiger charge is 2.08. The van der Waals surface area contributed by atoms with Crippen molar-refractivity contribution in [2.75, 3.05) is 6.54 Å². The summed E-state index contributed by atoms with van der Waals surface area (Å²) >= 11 is 0. The van der Waals surface area contributed by atoms with Crippen molar-refractivity contribution in [2.45, 2.75) is 6.92 Å². The number of fused-ring (bicyclic) bond motifs is 1. The minimum absolute atomic E-state index is 0.0176. The maximum absolute atomic E-state index is 11.2. The van der Waals surface area contributed by atoms with Crippen LogP contribution in [0.1, 0.15) is 16.2 Å². The molecule has 72 valence electrons. The molecule has 0 radical (unpaired) electrons. The van der Waals surface area contributed by atoms with Gasteiger partial charge in [0.05, 0.1) is 6.54 Å². The second-order valence-electron chi connectivity index (χ2n) is 3.05. The summed E-state index contributed by atoms with van der Waals surface area (Å²) in [6.07, 6.45) is 3.27. The molecule has 0 unspecified atom stereocenters. The van der Waals surface area contributed by atoms with E-state index in [4.69, 9.17) is 5.73 Å². The lowest BCUT2D eigenvalue weighted by molar-refractivity contribution is 0.0997. The summed E-state index contributed by atoms with van der Waals surface area (Å²) < 4.78 is 1.70. The topological polar surface area (TPSA) is 73.3 Å². The third-order valence-electron chi connectivity index (χ3n) is 1.96. The van der Waals surface area contributed by atoms with E-state index in [1.54, 1.807) is 16.9 Å². The zero-order chi connectivity index (χ0) is 10.1. The third-order valence-corrected chi connectivity index (χ3v) is 1.96. The number of nitrogens with zero attached hydrogens (tertiary/aromatic N) is 3. The molecule has 0 aromatic carbocycles. The maximum Gasteiger partial charge on any atom is 0.196 e. The van der Waals surface area contributed by atoms with Crippen molar-refractivity contribution in [3.05, 3.63) is 30.0 Å². The average molecular weight is 190 g/mol. The van der Waals surface area contributed by atoms with Gasteiger partial charge in [-0.05, 0) is 6.92 Å². The van der Waals surface area contributed by atoms with Crippen molar-refractivity contribution >= 4 is 11.4 Å². The molecule has 5 nitrogen and oxygen atoms in total. The average Bonchev–Trinajstić information content (AvgIpc) is 2.59. The van der Waals surface area contributed by atoms with Crippen LogP contribution in [0.5, 0.6) is 0 Å². The van der Waals surface area contributed by atoms with Gasteiger partial charge in [0, 0.05) is 18.0 Å². The molecular formula is C9H10N4O. The molecule has 2 N–H and O–H groups in total. The number of hydrogen-bond acceptors (Lipinski definition) is 4. The number of Topliss-reactive ketones (excluding diaryl/α,β-unsaturated/α-hetero) is 1. The lowest BCUT2D eigenvalue weighted by atomic mass is 10.3. The van der Waals surface area contributed by atoms with Crippen molar-refractivity contribution in [1.29, 1.82) is 0 Å². The Bertz CT molecular complexity index is 489. The van der Waals surface area contributed by atoms with Crippen LogP contribution in [0, 0.1) is 6.92 Å². The first-order chi connectivity index (χ1) is 6.70. The highest BCUT2D eigenvalue weighted by atomic mass is 16.1. The highest BCUT2D eigenvalue weighted by molar-refractivity contribution is 5.96. The Hall–Kier alpha value is -1.75. The SMILES string of the molecule is Cc1cc2nc(C(=O)CN)cn2cn1. The second kappa shape index (κ2) is 3.19. The lowest BCUT2D eigenvalue weighted by Crippen LogP contribution is -2.13. The Morgan fingerprint density at radius 2 is 2.43 bits per heavy atom. The first kappa shape index (κ1) is 8.83. The molecule has 14 heavy (non-hydrogen) atoms. The molecule has 2 heterocycles. The number of aromatic nitrogens is 3. The predicted octanol–water partition coefficient (Wildman–Crippen LogP) is 0.179. The zero-order valence-electron chi connectivity index (χ0n) is 7.77. The number of hydrogen-bond donors (Lipinski definition) is 1. The Morgan fingerprint density at radius 3 is 3.14 bits per heavy atom. The Balaban J connectivity index is 2.56. The normalized spacial score (nSPS) is 10.7. The van der Waals surface area contributed by atoms with Gasteiger partial charge in [0.1, 0.15) is 17.7 Å². The molecule has 2 aromatic rings. The monoisotopic (exact) mass is 190 g/mol. The first-order valence-corrected chi connectivity index (χ1v) is 4.25. The molecule has 0 aliphatic rings. The molecule has 0 saturated heterocycles. The van der Waals surface area contributed by atoms with Crippen LogP contribution in [0.2, 0.25) is 0 Å². The van der Waals surface area contributed by atoms with Gasteiger partial charge in [-0.3, -0.25) is 9.20 Å². The van der Waals surface area contributed by atoms with Crippen LogP contribution in [-0.2, 0) is 0 Å². The van der Waals surface area contributed by atoms with E-state index in [9.17, 15) is 4.79 Å². The van der Waals surface area contributed by atoms with Crippen LogP contribution in [0.4, 0.5) is 0 Å². The summed E-state index contributed by atoms with van der Waals surface area (Å²) in [5.74, 6) is -0.161. The predicted molar refractivity (Wildman–Crippen MR) is 51.1 cm³/mol. The molecular weight excluding hydrogens is 180 g/mol. The Morgan fingerprint density at radius 1 is 1.64 bits per heavy atom. The number of carbonyl (C=O) groups excluding carboxylic acids is 1. The standard InChI is InChI=1S/C9H10N4O/c1-6-2-9-12-7(8(14)3-10)4-13(9)5-11-6/h2,4-5H,3,10H2,1H3. The molecule has 5 heteroatoms. The largest absolute Gasteiger partial charge is 0.324 e. The first-order valence-electron chi connectivity index (χ1n) is 4.25. The van der Waals surface area contributed by atoms with E-state index in [0.29, 0.717) is 11.3 Å². The van der Waals surface area contributed by atoms with E-state index in [-0.39, 0.29) is 12.3 Å². The number of carbonyl (C=O) groups is 1. The fraction of sp³-hybridized carbons (Fsp3) is 0.222. The van der Waals surface area contributed by atoms with Gasteiger partial charge in [0.25, 0.3) is 0 Å². The minimum atomic E-state index is -0.161. The van der Waals surface area contributed by atoms with E-state index < -0.39 is 0 Å². The van der Waals surface area contributed by atoms with E-state index in [1.807, 2.05) is 13.0 Å². The van der Waals surface area contributed by atoms with Crippen LogP contribution in [0.3, 0.4) is 0 Å². The van der Waals surface area contributed by atoms with E-state index in [0.717, 1.165) is 5.69 Å². The van der Waals surface area contributed by atoms with Gasteiger partial charge in [-0.25, -0.2) is 9.97 Å². The van der Waals surface area contributed by atoms with Crippen molar-refractivity contribution in [1.82, 2.24) is 14.4 Å². The lowest BCUT2D eigenvalue weighted by Gasteiger charge is -1.91. The molecule has 0 fully saturated rings. The van der Waals surface area contributed by atoms with E-state index >= 15 is 0 Å². The number of ketones is 1. The van der Waals surface area contributed by atoms with Gasteiger partial charge in [-0.2, -0.15) is 0 Å². The fourth-order valence-electron chi connectivity index (χ4n) is 1.22. The second-order valence-corrected chi connectivity index (χ2v) is 3.05. The van der Waals surface area contributed by atoms with Crippen LogP contribution in [-0.4, -0.2) is 26.7 Å². The van der Waals surface area contributed by atoms with Crippen molar-refractivity contribution in [3.8, 4) is 0 Å². The van der Waals surface area contributed by atoms with Crippen LogP contribution < -0.4 is 5.73 Å². The van der Waals surface area contributed by atoms with Crippen LogP contribution in [0.25, 0.3) is 5.65 Å². The summed E-state index contributed by atoms with van der Waals surface area (Å²) in [4.78, 5) is 19.5. The molecule has 0 saturated carbocycles. The van der Waals surface area contributed by atoms with E-state index in [2.05, 4.69) is 9.97 Å². The Labute approximate surface area is 80.6 Å². The summed E-state index contributed by atoms with van der Waals surface area (Å²) in [5, 5.41) is 0. The fourth-order valence-corrected chi connectivity index (χ4v) is 1.22. The number of nitrogens with two attached hydrogens (primary N) is 1. The van der Waals surface area contributed by atoms with Crippen molar-refractivity contribution in [2.24, 2.45) is 5.73 Å². The molecule has 0 bridgehead atoms. The summed E-state index contributed by atoms with van der Waals surface area (Å²) in [5.41, 5.74) is 7.22. The van der Waals surface area contributed by atoms with Crippen LogP contribution in [0.15, 0.2) is 18.6 Å². The minimum Gasteiger partial charge on any atom is -0.324 e. The Kier molecular flexibility index (Phi) is 2.01. The van der Waals surface area contributed by atoms with Crippen molar-refractivity contribution < 1.29 is 4.79 Å². The van der Waals surface area contributed by atoms with Crippen molar-refractivity contribution in [3.63, 3.8) is 0 Å². The molecule has 2 aromatic heterocycles. The molecule has 0 aliphatic carbocycles. The third kappa shape index (κ3) is 1.38. The summed E-state index contributed by atoms with van der Waals surface area (Å²) in [6, 6.07) is 1.81. The smallest absolute Gasteiger partial charge is 0.196 e. The van der Waals surface area contributed by atoms with E-state index in [1.165, 1.54) is 0 Å². The van der Waals surface area contributed by atoms with Gasteiger partial charge in [-0.1, -0.05) is 0 Å². The summed E-state index contributed by atoms with van der Waals surface area (Å²) in [6.45, 7) is 1.86. The van der Waals surface area contributed by atoms with Gasteiger partial charge in [-0.15, -0.1) is 0 Å². The zero-order valence-corrected chi connectivity index (χ0v) is 7.77. The number of rotatable bonds is 2.